The van der Waals surface area contributed by atoms with Crippen LogP contribution < -0.4 is 5.73 Å². The molecule has 1 atom stereocenters. The molecule has 1 aromatic carbocycles. The highest BCUT2D eigenvalue weighted by molar-refractivity contribution is 9.10. The van der Waals surface area contributed by atoms with Crippen molar-refractivity contribution in [3.8, 4) is 0 Å². The Morgan fingerprint density at radius 3 is 2.57 bits per heavy atom. The van der Waals surface area contributed by atoms with Gasteiger partial charge in [-0.25, -0.2) is 8.42 Å². The van der Waals surface area contributed by atoms with Crippen LogP contribution in [-0.4, -0.2) is 49.8 Å². The molecule has 21 heavy (non-hydrogen) atoms. The second-order valence-corrected chi connectivity index (χ2v) is 8.52. The fourth-order valence-corrected chi connectivity index (χ4v) is 4.94. The van der Waals surface area contributed by atoms with Gasteiger partial charge < -0.3 is 5.73 Å². The Hall–Kier alpha value is -0.630. The molecule has 1 aromatic rings. The summed E-state index contributed by atoms with van der Waals surface area (Å²) >= 11 is 3.29. The maximum absolute atomic E-state index is 12.7. The highest BCUT2D eigenvalue weighted by Crippen LogP contribution is 2.28. The van der Waals surface area contributed by atoms with Crippen LogP contribution in [0.3, 0.4) is 0 Å². The number of benzene rings is 1. The molecule has 5 nitrogen and oxygen atoms in total. The minimum absolute atomic E-state index is 0.283. The van der Waals surface area contributed by atoms with Gasteiger partial charge in [-0.3, -0.25) is 4.90 Å². The number of nitrogens with two attached hydrogens (primary N) is 1. The Bertz CT molecular complexity index is 629. The SMILES string of the molecule is Nc1cc(S(=O)(=O)N2CCC(N3CCCC3)C2)ccc1Br. The minimum atomic E-state index is -3.43. The van der Waals surface area contributed by atoms with Gasteiger partial charge in [0.1, 0.15) is 0 Å². The quantitative estimate of drug-likeness (QED) is 0.821. The fourth-order valence-electron chi connectivity index (χ4n) is 3.17. The van der Waals surface area contributed by atoms with Crippen LogP contribution in [0.25, 0.3) is 0 Å². The van der Waals surface area contributed by atoms with Crippen LogP contribution in [0.1, 0.15) is 19.3 Å². The van der Waals surface area contributed by atoms with Crippen molar-refractivity contribution >= 4 is 31.6 Å². The number of sulfonamides is 1. The summed E-state index contributed by atoms with van der Waals surface area (Å²) in [5.41, 5.74) is 6.26. The second kappa shape index (κ2) is 5.87. The standard InChI is InChI=1S/C14H20BrN3O2S/c15-13-4-3-12(9-14(13)16)21(19,20)18-8-5-11(10-18)17-6-1-2-7-17/h3-4,9,11H,1-2,5-8,10,16H2. The second-order valence-electron chi connectivity index (χ2n) is 5.73. The number of halogens is 1. The third-order valence-corrected chi connectivity index (χ3v) is 6.97. The molecule has 7 heteroatoms. The van der Waals surface area contributed by atoms with Gasteiger partial charge in [-0.2, -0.15) is 4.31 Å². The van der Waals surface area contributed by atoms with Crippen LogP contribution in [0.4, 0.5) is 5.69 Å². The summed E-state index contributed by atoms with van der Waals surface area (Å²) < 4.78 is 27.7. The van der Waals surface area contributed by atoms with Crippen molar-refractivity contribution in [1.29, 1.82) is 0 Å². The molecule has 3 rings (SSSR count). The molecular formula is C14H20BrN3O2S. The molecule has 0 radical (unpaired) electrons. The van der Waals surface area contributed by atoms with Crippen molar-refractivity contribution in [3.05, 3.63) is 22.7 Å². The minimum Gasteiger partial charge on any atom is -0.398 e. The van der Waals surface area contributed by atoms with Crippen molar-refractivity contribution < 1.29 is 8.42 Å². The lowest BCUT2D eigenvalue weighted by molar-refractivity contribution is 0.251. The first-order valence-corrected chi connectivity index (χ1v) is 9.51. The molecule has 0 aromatic heterocycles. The Morgan fingerprint density at radius 1 is 1.19 bits per heavy atom. The first-order valence-electron chi connectivity index (χ1n) is 7.28. The van der Waals surface area contributed by atoms with E-state index in [0.717, 1.165) is 24.0 Å². The number of likely N-dealkylation sites (tertiary alicyclic amines) is 1. The summed E-state index contributed by atoms with van der Waals surface area (Å²) in [6.07, 6.45) is 3.38. The molecular weight excluding hydrogens is 354 g/mol. The van der Waals surface area contributed by atoms with Gasteiger partial charge in [-0.05, 0) is 66.5 Å². The predicted molar refractivity (Wildman–Crippen MR) is 86.5 cm³/mol. The molecule has 116 valence electrons. The van der Waals surface area contributed by atoms with Gasteiger partial charge >= 0.3 is 0 Å². The van der Waals surface area contributed by atoms with Crippen molar-refractivity contribution in [1.82, 2.24) is 9.21 Å². The number of anilines is 1. The normalized spacial score (nSPS) is 24.7. The molecule has 0 saturated carbocycles. The van der Waals surface area contributed by atoms with Crippen molar-refractivity contribution in [3.63, 3.8) is 0 Å². The maximum Gasteiger partial charge on any atom is 0.243 e. The van der Waals surface area contributed by atoms with Crippen LogP contribution in [0.5, 0.6) is 0 Å². The van der Waals surface area contributed by atoms with Crippen LogP contribution in [0.2, 0.25) is 0 Å². The lowest BCUT2D eigenvalue weighted by Gasteiger charge is -2.23. The van der Waals surface area contributed by atoms with Gasteiger partial charge in [-0.1, -0.05) is 0 Å². The Labute approximate surface area is 134 Å². The summed E-state index contributed by atoms with van der Waals surface area (Å²) in [6, 6.07) is 5.20. The van der Waals surface area contributed by atoms with Crippen LogP contribution in [-0.2, 0) is 10.0 Å². The number of rotatable bonds is 3. The fraction of sp³-hybridized carbons (Fsp3) is 0.571. The lowest BCUT2D eigenvalue weighted by atomic mass is 10.2. The molecule has 2 heterocycles. The first-order chi connectivity index (χ1) is 9.98. The molecule has 2 aliphatic heterocycles. The molecule has 2 aliphatic rings. The number of nitrogen functional groups attached to an aromatic ring is 1. The lowest BCUT2D eigenvalue weighted by Crippen LogP contribution is -2.37. The van der Waals surface area contributed by atoms with E-state index in [1.54, 1.807) is 16.4 Å². The number of nitrogens with zero attached hydrogens (tertiary/aromatic N) is 2. The molecule has 0 aliphatic carbocycles. The van der Waals surface area contributed by atoms with Gasteiger partial charge in [0.2, 0.25) is 10.0 Å². The Balaban J connectivity index is 1.77. The van der Waals surface area contributed by atoms with E-state index >= 15 is 0 Å². The molecule has 0 spiro atoms. The van der Waals surface area contributed by atoms with Crippen molar-refractivity contribution in [2.45, 2.75) is 30.2 Å². The zero-order chi connectivity index (χ0) is 15.0. The third kappa shape index (κ3) is 2.97. The first kappa shape index (κ1) is 15.3. The van der Waals surface area contributed by atoms with E-state index < -0.39 is 10.0 Å². The zero-order valence-electron chi connectivity index (χ0n) is 11.8. The summed E-state index contributed by atoms with van der Waals surface area (Å²) in [6.45, 7) is 3.39. The van der Waals surface area contributed by atoms with Gasteiger partial charge in [-0.15, -0.1) is 0 Å². The van der Waals surface area contributed by atoms with Crippen LogP contribution >= 0.6 is 15.9 Å². The van der Waals surface area contributed by atoms with E-state index in [9.17, 15) is 8.42 Å². The van der Waals surface area contributed by atoms with Crippen LogP contribution in [0.15, 0.2) is 27.6 Å². The van der Waals surface area contributed by atoms with Crippen molar-refractivity contribution in [2.75, 3.05) is 31.9 Å². The van der Waals surface area contributed by atoms with E-state index in [1.807, 2.05) is 0 Å². The number of hydrogen-bond acceptors (Lipinski definition) is 4. The summed E-state index contributed by atoms with van der Waals surface area (Å²) in [5.74, 6) is 0. The Morgan fingerprint density at radius 2 is 1.90 bits per heavy atom. The van der Waals surface area contributed by atoms with E-state index in [2.05, 4.69) is 20.8 Å². The summed E-state index contributed by atoms with van der Waals surface area (Å²) in [5, 5.41) is 0. The maximum atomic E-state index is 12.7. The third-order valence-electron chi connectivity index (χ3n) is 4.39. The highest BCUT2D eigenvalue weighted by atomic mass is 79.9. The monoisotopic (exact) mass is 373 g/mol. The van der Waals surface area contributed by atoms with E-state index in [4.69, 9.17) is 5.73 Å². The van der Waals surface area contributed by atoms with Gasteiger partial charge in [0.25, 0.3) is 0 Å². The summed E-state index contributed by atoms with van der Waals surface area (Å²) in [4.78, 5) is 2.70. The average Bonchev–Trinajstić information content (AvgIpc) is 3.11. The van der Waals surface area contributed by atoms with E-state index in [0.29, 0.717) is 24.8 Å². The summed E-state index contributed by atoms with van der Waals surface area (Å²) in [7, 11) is -3.43. The zero-order valence-corrected chi connectivity index (χ0v) is 14.2. The van der Waals surface area contributed by atoms with Gasteiger partial charge in [0, 0.05) is 29.3 Å². The van der Waals surface area contributed by atoms with Gasteiger partial charge in [0.05, 0.1) is 4.90 Å². The Kier molecular flexibility index (Phi) is 4.27. The smallest absolute Gasteiger partial charge is 0.243 e. The van der Waals surface area contributed by atoms with Crippen molar-refractivity contribution in [2.24, 2.45) is 0 Å². The topological polar surface area (TPSA) is 66.6 Å². The molecule has 2 saturated heterocycles. The largest absolute Gasteiger partial charge is 0.398 e. The van der Waals surface area contributed by atoms with Gasteiger partial charge in [0.15, 0.2) is 0 Å². The molecule has 2 N–H and O–H groups in total. The molecule has 0 bridgehead atoms. The number of hydrogen-bond donors (Lipinski definition) is 1. The van der Waals surface area contributed by atoms with E-state index in [-0.39, 0.29) is 4.90 Å². The highest BCUT2D eigenvalue weighted by Gasteiger charge is 2.35. The van der Waals surface area contributed by atoms with E-state index in [1.165, 1.54) is 18.9 Å². The average molecular weight is 374 g/mol. The van der Waals surface area contributed by atoms with Crippen LogP contribution in [0, 0.1) is 0 Å². The molecule has 1 unspecified atom stereocenters. The molecule has 2 fully saturated rings. The molecule has 0 amide bonds. The predicted octanol–water partition coefficient (Wildman–Crippen LogP) is 1.89.